The second-order valence-electron chi connectivity index (χ2n) is 7.86. The van der Waals surface area contributed by atoms with Gasteiger partial charge in [-0.1, -0.05) is 28.1 Å². The molecule has 1 unspecified atom stereocenters. The molecule has 130 valence electrons. The summed E-state index contributed by atoms with van der Waals surface area (Å²) in [6.07, 6.45) is 2.77. The molecule has 5 rings (SSSR count). The number of nitrogens with zero attached hydrogens (tertiary/aromatic N) is 2. The number of carbonyl (C=O) groups is 1. The molecular formula is C19H26BrN3O. The van der Waals surface area contributed by atoms with Gasteiger partial charge in [0.05, 0.1) is 0 Å². The molecule has 24 heavy (non-hydrogen) atoms. The molecule has 3 saturated heterocycles. The minimum Gasteiger partial charge on any atom is -0.336 e. The van der Waals surface area contributed by atoms with E-state index in [-0.39, 0.29) is 12.1 Å². The molecule has 1 saturated carbocycles. The van der Waals surface area contributed by atoms with E-state index in [4.69, 9.17) is 0 Å². The van der Waals surface area contributed by atoms with E-state index in [1.165, 1.54) is 24.9 Å². The Hall–Kier alpha value is -1.07. The van der Waals surface area contributed by atoms with Crippen LogP contribution in [-0.4, -0.2) is 53.6 Å². The fourth-order valence-electron chi connectivity index (χ4n) is 4.28. The van der Waals surface area contributed by atoms with E-state index in [1.807, 2.05) is 18.7 Å². The van der Waals surface area contributed by atoms with Crippen LogP contribution in [0.4, 0.5) is 4.79 Å². The van der Waals surface area contributed by atoms with Crippen molar-refractivity contribution in [3.05, 3.63) is 34.3 Å². The molecule has 0 spiro atoms. The molecule has 3 aliphatic heterocycles. The summed E-state index contributed by atoms with van der Waals surface area (Å²) in [5.41, 5.74) is 1.42. The monoisotopic (exact) mass is 391 g/mol. The Kier molecular flexibility index (Phi) is 4.33. The van der Waals surface area contributed by atoms with Crippen molar-refractivity contribution in [1.29, 1.82) is 0 Å². The molecule has 1 N–H and O–H groups in total. The summed E-state index contributed by atoms with van der Waals surface area (Å²) < 4.78 is 1.13. The normalized spacial score (nSPS) is 29.5. The first kappa shape index (κ1) is 16.4. The summed E-state index contributed by atoms with van der Waals surface area (Å²) in [5, 5.41) is 3.05. The van der Waals surface area contributed by atoms with Gasteiger partial charge in [0.25, 0.3) is 0 Å². The molecule has 2 amide bonds. The van der Waals surface area contributed by atoms with Crippen LogP contribution in [0.25, 0.3) is 0 Å². The number of hydrogen-bond acceptors (Lipinski definition) is 2. The quantitative estimate of drug-likeness (QED) is 0.852. The van der Waals surface area contributed by atoms with Crippen LogP contribution < -0.4 is 5.32 Å². The lowest BCUT2D eigenvalue weighted by molar-refractivity contribution is -0.0809. The van der Waals surface area contributed by atoms with Crippen molar-refractivity contribution in [3.8, 4) is 0 Å². The number of carbonyl (C=O) groups excluding carboxylic acids is 1. The van der Waals surface area contributed by atoms with Crippen LogP contribution in [0.5, 0.6) is 0 Å². The molecule has 4 aliphatic rings. The van der Waals surface area contributed by atoms with Crippen LogP contribution in [-0.2, 0) is 0 Å². The van der Waals surface area contributed by atoms with Gasteiger partial charge in [-0.05, 0) is 50.3 Å². The third-order valence-corrected chi connectivity index (χ3v) is 6.14. The second kappa shape index (κ2) is 6.34. The van der Waals surface area contributed by atoms with Crippen LogP contribution in [0.3, 0.4) is 0 Å². The first-order valence-electron chi connectivity index (χ1n) is 9.09. The Morgan fingerprint density at radius 3 is 2.38 bits per heavy atom. The fraction of sp³-hybridized carbons (Fsp3) is 0.632. The molecular weight excluding hydrogens is 366 g/mol. The van der Waals surface area contributed by atoms with Gasteiger partial charge in [-0.15, -0.1) is 0 Å². The van der Waals surface area contributed by atoms with Crippen LogP contribution in [0.15, 0.2) is 28.7 Å². The molecule has 1 aliphatic carbocycles. The summed E-state index contributed by atoms with van der Waals surface area (Å²) in [7, 11) is 0. The summed E-state index contributed by atoms with van der Waals surface area (Å²) in [5.74, 6) is 1.47. The van der Waals surface area contributed by atoms with Gasteiger partial charge in [0.15, 0.2) is 0 Å². The summed E-state index contributed by atoms with van der Waals surface area (Å²) >= 11 is 3.53. The van der Waals surface area contributed by atoms with E-state index in [1.54, 1.807) is 0 Å². The topological polar surface area (TPSA) is 35.6 Å². The number of nitrogens with one attached hydrogen (secondary N) is 1. The summed E-state index contributed by atoms with van der Waals surface area (Å²) in [4.78, 5) is 17.1. The van der Waals surface area contributed by atoms with Gasteiger partial charge in [0, 0.05) is 48.2 Å². The lowest BCUT2D eigenvalue weighted by Gasteiger charge is -2.62. The van der Waals surface area contributed by atoms with E-state index < -0.39 is 0 Å². The van der Waals surface area contributed by atoms with Crippen LogP contribution in [0.2, 0.25) is 0 Å². The highest BCUT2D eigenvalue weighted by molar-refractivity contribution is 9.10. The summed E-state index contributed by atoms with van der Waals surface area (Å²) in [6.45, 7) is 6.96. The van der Waals surface area contributed by atoms with Crippen molar-refractivity contribution >= 4 is 22.0 Å². The number of amides is 2. The Balaban J connectivity index is 1.49. The van der Waals surface area contributed by atoms with Crippen LogP contribution >= 0.6 is 15.9 Å². The Bertz CT molecular complexity index is 600. The van der Waals surface area contributed by atoms with Crippen LogP contribution in [0, 0.1) is 5.92 Å². The lowest BCUT2D eigenvalue weighted by atomic mass is 9.71. The Morgan fingerprint density at radius 2 is 1.83 bits per heavy atom. The molecule has 0 aromatic heterocycles. The molecule has 1 aromatic rings. The minimum absolute atomic E-state index is 0.0975. The highest BCUT2D eigenvalue weighted by Gasteiger charge is 2.55. The molecule has 4 nitrogen and oxygen atoms in total. The Morgan fingerprint density at radius 1 is 1.21 bits per heavy atom. The standard InChI is InChI=1S/C19H26BrN3O/c1-12(2)21-19(24)22-10-16-18(14-5-7-15(20)8-6-14)17(11-22)23(16)9-13-3-4-13/h5-8,12-13,16-18H,3-4,9-11H2,1-2H3,(H,21,24)/t16-,17+,18?. The molecule has 2 bridgehead atoms. The average Bonchev–Trinajstić information content (AvgIpc) is 3.37. The lowest BCUT2D eigenvalue weighted by Crippen LogP contribution is -2.74. The molecule has 1 aromatic carbocycles. The van der Waals surface area contributed by atoms with Crippen molar-refractivity contribution < 1.29 is 4.79 Å². The number of halogens is 1. The second-order valence-corrected chi connectivity index (χ2v) is 8.78. The third-order valence-electron chi connectivity index (χ3n) is 5.62. The maximum atomic E-state index is 12.4. The van der Waals surface area contributed by atoms with Crippen molar-refractivity contribution in [2.75, 3.05) is 19.6 Å². The van der Waals surface area contributed by atoms with Gasteiger partial charge < -0.3 is 10.2 Å². The molecule has 5 heteroatoms. The SMILES string of the molecule is CC(C)NC(=O)N1C[C@@H]2C(c3ccc(Br)cc3)[C@H](C1)N2CC1CC1. The fourth-order valence-corrected chi connectivity index (χ4v) is 4.54. The van der Waals surface area contributed by atoms with Gasteiger partial charge in [-0.3, -0.25) is 4.90 Å². The van der Waals surface area contributed by atoms with Gasteiger partial charge in [-0.2, -0.15) is 0 Å². The number of rotatable bonds is 4. The zero-order valence-corrected chi connectivity index (χ0v) is 16.0. The van der Waals surface area contributed by atoms with Crippen molar-refractivity contribution in [2.45, 2.75) is 50.7 Å². The maximum absolute atomic E-state index is 12.4. The third kappa shape index (κ3) is 3.08. The van der Waals surface area contributed by atoms with Crippen molar-refractivity contribution in [2.24, 2.45) is 5.92 Å². The smallest absolute Gasteiger partial charge is 0.317 e. The predicted molar refractivity (Wildman–Crippen MR) is 99.1 cm³/mol. The highest BCUT2D eigenvalue weighted by atomic mass is 79.9. The van der Waals surface area contributed by atoms with Crippen molar-refractivity contribution in [3.63, 3.8) is 0 Å². The number of hydrogen-bond donors (Lipinski definition) is 1. The number of fused-ring (bicyclic) bond motifs is 2. The van der Waals surface area contributed by atoms with Gasteiger partial charge in [-0.25, -0.2) is 4.79 Å². The highest BCUT2D eigenvalue weighted by Crippen LogP contribution is 2.47. The Labute approximate surface area is 152 Å². The van der Waals surface area contributed by atoms with Gasteiger partial charge >= 0.3 is 6.03 Å². The van der Waals surface area contributed by atoms with Gasteiger partial charge in [0.2, 0.25) is 0 Å². The maximum Gasteiger partial charge on any atom is 0.317 e. The number of benzene rings is 1. The number of piperazine rings is 1. The first-order valence-corrected chi connectivity index (χ1v) is 9.89. The van der Waals surface area contributed by atoms with Crippen LogP contribution in [0.1, 0.15) is 38.2 Å². The van der Waals surface area contributed by atoms with E-state index in [0.717, 1.165) is 23.5 Å². The zero-order valence-electron chi connectivity index (χ0n) is 14.4. The zero-order chi connectivity index (χ0) is 16.8. The van der Waals surface area contributed by atoms with Crippen molar-refractivity contribution in [1.82, 2.24) is 15.1 Å². The average molecular weight is 392 g/mol. The molecule has 4 fully saturated rings. The summed E-state index contributed by atoms with van der Waals surface area (Å²) in [6, 6.07) is 10.0. The number of piperidine rings is 1. The number of urea groups is 1. The first-order chi connectivity index (χ1) is 11.5. The predicted octanol–water partition coefficient (Wildman–Crippen LogP) is 3.43. The van der Waals surface area contributed by atoms with E-state index in [9.17, 15) is 4.79 Å². The van der Waals surface area contributed by atoms with E-state index in [0.29, 0.717) is 18.0 Å². The molecule has 0 radical (unpaired) electrons. The largest absolute Gasteiger partial charge is 0.336 e. The molecule has 3 heterocycles. The van der Waals surface area contributed by atoms with E-state index in [2.05, 4.69) is 50.4 Å². The minimum atomic E-state index is 0.0975. The van der Waals surface area contributed by atoms with E-state index >= 15 is 0 Å². The van der Waals surface area contributed by atoms with Gasteiger partial charge in [0.1, 0.15) is 0 Å². The molecule has 3 atom stereocenters.